The standard InChI is InChI=1S/C21H21N5O4S/c1-24-6-8-25(9-7-24)12-13-2-4-15-17(10-13)23-20-19(27)16-11-14(31(22,29)30)3-5-18(16)26(20)21(15)28/h2-5,10-11H,6-9,12H2,1H3,(H2,22,29,30). The molecule has 5 rings (SSSR count). The Kier molecular flexibility index (Phi) is 4.56. The van der Waals surface area contributed by atoms with Crippen LogP contribution in [0.15, 0.2) is 46.1 Å². The molecule has 2 aromatic carbocycles. The zero-order chi connectivity index (χ0) is 21.9. The fraction of sp³-hybridized carbons (Fsp3) is 0.286. The number of nitrogens with zero attached hydrogens (tertiary/aromatic N) is 4. The molecule has 3 aromatic rings. The Morgan fingerprint density at radius 1 is 1.03 bits per heavy atom. The molecule has 0 unspecified atom stereocenters. The number of primary sulfonamides is 1. The highest BCUT2D eigenvalue weighted by atomic mass is 32.2. The second-order valence-corrected chi connectivity index (χ2v) is 9.62. The molecule has 1 fully saturated rings. The largest absolute Gasteiger partial charge is 0.304 e. The summed E-state index contributed by atoms with van der Waals surface area (Å²) in [6.07, 6.45) is 0. The molecular formula is C21H21N5O4S. The van der Waals surface area contributed by atoms with Gasteiger partial charge in [0.05, 0.1) is 27.0 Å². The quantitative estimate of drug-likeness (QED) is 0.488. The van der Waals surface area contributed by atoms with Gasteiger partial charge in [-0.25, -0.2) is 18.5 Å². The second kappa shape index (κ2) is 7.06. The first-order valence-corrected chi connectivity index (χ1v) is 11.5. The molecular weight excluding hydrogens is 418 g/mol. The summed E-state index contributed by atoms with van der Waals surface area (Å²) in [6, 6.07) is 9.40. The molecule has 1 aromatic heterocycles. The Hall–Kier alpha value is -2.92. The molecule has 10 heteroatoms. The third-order valence-electron chi connectivity index (χ3n) is 5.92. The van der Waals surface area contributed by atoms with E-state index in [1.165, 1.54) is 22.8 Å². The Labute approximate surface area is 178 Å². The molecule has 2 aliphatic rings. The summed E-state index contributed by atoms with van der Waals surface area (Å²) >= 11 is 0. The van der Waals surface area contributed by atoms with Crippen molar-refractivity contribution < 1.29 is 13.2 Å². The summed E-state index contributed by atoms with van der Waals surface area (Å²) in [5, 5.41) is 5.59. The van der Waals surface area contributed by atoms with E-state index >= 15 is 0 Å². The van der Waals surface area contributed by atoms with E-state index in [1.807, 2.05) is 12.1 Å². The van der Waals surface area contributed by atoms with Crippen LogP contribution in [0.5, 0.6) is 0 Å². The molecule has 160 valence electrons. The van der Waals surface area contributed by atoms with Gasteiger partial charge in [0.25, 0.3) is 5.56 Å². The molecule has 0 saturated carbocycles. The first-order chi connectivity index (χ1) is 14.7. The van der Waals surface area contributed by atoms with Gasteiger partial charge in [-0.2, -0.15) is 0 Å². The van der Waals surface area contributed by atoms with Crippen LogP contribution in [0.3, 0.4) is 0 Å². The topological polar surface area (TPSA) is 119 Å². The lowest BCUT2D eigenvalue weighted by Crippen LogP contribution is -2.43. The van der Waals surface area contributed by atoms with Crippen molar-refractivity contribution >= 4 is 26.7 Å². The number of carbonyl (C=O) groups is 1. The number of piperazine rings is 1. The highest BCUT2D eigenvalue weighted by Gasteiger charge is 2.31. The summed E-state index contributed by atoms with van der Waals surface area (Å²) in [5.41, 5.74) is 1.53. The Morgan fingerprint density at radius 3 is 2.48 bits per heavy atom. The Morgan fingerprint density at radius 2 is 1.77 bits per heavy atom. The fourth-order valence-corrected chi connectivity index (χ4v) is 4.70. The number of carbonyl (C=O) groups excluding carboxylic acids is 1. The predicted molar refractivity (Wildman–Crippen MR) is 115 cm³/mol. The van der Waals surface area contributed by atoms with Gasteiger partial charge in [0.1, 0.15) is 0 Å². The van der Waals surface area contributed by atoms with E-state index in [4.69, 9.17) is 5.14 Å². The molecule has 0 atom stereocenters. The van der Waals surface area contributed by atoms with Crippen molar-refractivity contribution in [2.24, 2.45) is 5.14 Å². The molecule has 2 aliphatic heterocycles. The highest BCUT2D eigenvalue weighted by molar-refractivity contribution is 7.89. The van der Waals surface area contributed by atoms with Crippen LogP contribution in [0, 0.1) is 0 Å². The lowest BCUT2D eigenvalue weighted by atomic mass is 10.1. The van der Waals surface area contributed by atoms with Gasteiger partial charge in [-0.05, 0) is 42.9 Å². The maximum atomic E-state index is 13.2. The third kappa shape index (κ3) is 3.37. The van der Waals surface area contributed by atoms with Crippen LogP contribution in [0.2, 0.25) is 0 Å². The number of nitrogens with two attached hydrogens (primary N) is 1. The molecule has 0 amide bonds. The smallest absolute Gasteiger partial charge is 0.266 e. The maximum Gasteiger partial charge on any atom is 0.266 e. The number of sulfonamides is 1. The van der Waals surface area contributed by atoms with Crippen LogP contribution in [-0.4, -0.2) is 66.8 Å². The zero-order valence-corrected chi connectivity index (χ0v) is 17.7. The van der Waals surface area contributed by atoms with Gasteiger partial charge in [-0.15, -0.1) is 0 Å². The molecule has 9 nitrogen and oxygen atoms in total. The SMILES string of the molecule is CN1CCN(Cc2ccc3c(=O)n4c(nc3c2)C(=O)c2cc(S(N)(=O)=O)ccc2-4)CC1. The van der Waals surface area contributed by atoms with Crippen molar-refractivity contribution in [1.29, 1.82) is 0 Å². The Balaban J connectivity index is 1.56. The van der Waals surface area contributed by atoms with Crippen LogP contribution in [-0.2, 0) is 16.6 Å². The first-order valence-electron chi connectivity index (χ1n) is 9.91. The van der Waals surface area contributed by atoms with Gasteiger partial charge < -0.3 is 4.90 Å². The molecule has 31 heavy (non-hydrogen) atoms. The van der Waals surface area contributed by atoms with Crippen LogP contribution >= 0.6 is 0 Å². The van der Waals surface area contributed by atoms with E-state index in [9.17, 15) is 18.0 Å². The van der Waals surface area contributed by atoms with Crippen LogP contribution in [0.4, 0.5) is 0 Å². The van der Waals surface area contributed by atoms with Crippen molar-refractivity contribution in [2.45, 2.75) is 11.4 Å². The molecule has 2 N–H and O–H groups in total. The van der Waals surface area contributed by atoms with Gasteiger partial charge in [0.15, 0.2) is 5.82 Å². The summed E-state index contributed by atoms with van der Waals surface area (Å²) in [5.74, 6) is -0.514. The Bertz CT molecular complexity index is 1410. The number of aromatic nitrogens is 2. The van der Waals surface area contributed by atoms with Crippen molar-refractivity contribution in [3.8, 4) is 5.69 Å². The zero-order valence-electron chi connectivity index (χ0n) is 16.9. The van der Waals surface area contributed by atoms with E-state index in [0.717, 1.165) is 38.3 Å². The monoisotopic (exact) mass is 439 g/mol. The first kappa shape index (κ1) is 20.0. The van der Waals surface area contributed by atoms with Gasteiger partial charge in [0, 0.05) is 32.7 Å². The van der Waals surface area contributed by atoms with E-state index < -0.39 is 15.8 Å². The molecule has 0 aliphatic carbocycles. The van der Waals surface area contributed by atoms with Crippen molar-refractivity contribution in [3.63, 3.8) is 0 Å². The van der Waals surface area contributed by atoms with Crippen molar-refractivity contribution in [1.82, 2.24) is 19.4 Å². The van der Waals surface area contributed by atoms with E-state index in [1.54, 1.807) is 6.07 Å². The molecule has 3 heterocycles. The average Bonchev–Trinajstić information content (AvgIpc) is 3.01. The summed E-state index contributed by atoms with van der Waals surface area (Å²) in [6.45, 7) is 4.70. The fourth-order valence-electron chi connectivity index (χ4n) is 4.16. The van der Waals surface area contributed by atoms with Crippen LogP contribution < -0.4 is 10.7 Å². The van der Waals surface area contributed by atoms with E-state index in [0.29, 0.717) is 16.6 Å². The van der Waals surface area contributed by atoms with Gasteiger partial charge in [-0.1, -0.05) is 6.07 Å². The number of benzene rings is 2. The molecule has 0 radical (unpaired) electrons. The van der Waals surface area contributed by atoms with Crippen LogP contribution in [0.1, 0.15) is 21.7 Å². The molecule has 0 bridgehead atoms. The van der Waals surface area contributed by atoms with Gasteiger partial charge in [-0.3, -0.25) is 19.1 Å². The van der Waals surface area contributed by atoms with E-state index in [2.05, 4.69) is 21.8 Å². The molecule has 0 spiro atoms. The number of fused-ring (bicyclic) bond motifs is 4. The number of rotatable bonds is 3. The number of hydrogen-bond acceptors (Lipinski definition) is 7. The minimum Gasteiger partial charge on any atom is -0.304 e. The number of hydrogen-bond donors (Lipinski definition) is 1. The lowest BCUT2D eigenvalue weighted by Gasteiger charge is -2.32. The number of likely N-dealkylation sites (N-methyl/N-ethyl adjacent to an activating group) is 1. The number of ketones is 1. The summed E-state index contributed by atoms with van der Waals surface area (Å²) in [7, 11) is -1.87. The summed E-state index contributed by atoms with van der Waals surface area (Å²) in [4.78, 5) is 35.0. The van der Waals surface area contributed by atoms with Crippen LogP contribution in [0.25, 0.3) is 16.6 Å². The van der Waals surface area contributed by atoms with Crippen molar-refractivity contribution in [3.05, 3.63) is 63.7 Å². The average molecular weight is 439 g/mol. The second-order valence-electron chi connectivity index (χ2n) is 8.06. The lowest BCUT2D eigenvalue weighted by molar-refractivity contribution is 0.103. The van der Waals surface area contributed by atoms with E-state index in [-0.39, 0.29) is 21.8 Å². The van der Waals surface area contributed by atoms with Gasteiger partial charge in [0.2, 0.25) is 15.8 Å². The summed E-state index contributed by atoms with van der Waals surface area (Å²) < 4.78 is 24.6. The highest BCUT2D eigenvalue weighted by Crippen LogP contribution is 2.28. The minimum absolute atomic E-state index is 0.0178. The predicted octanol–water partition coefficient (Wildman–Crippen LogP) is 0.325. The molecule has 1 saturated heterocycles. The normalized spacial score (nSPS) is 17.2. The van der Waals surface area contributed by atoms with Crippen molar-refractivity contribution in [2.75, 3.05) is 33.2 Å². The maximum absolute atomic E-state index is 13.2. The third-order valence-corrected chi connectivity index (χ3v) is 6.83. The minimum atomic E-state index is -3.97. The van der Waals surface area contributed by atoms with Gasteiger partial charge >= 0.3 is 0 Å².